The van der Waals surface area contributed by atoms with E-state index in [-0.39, 0.29) is 11.8 Å². The van der Waals surface area contributed by atoms with Crippen LogP contribution in [0.4, 0.5) is 0 Å². The summed E-state index contributed by atoms with van der Waals surface area (Å²) >= 11 is 13.7. The number of thioether (sulfide) groups is 1. The van der Waals surface area contributed by atoms with E-state index < -0.39 is 6.04 Å². The molecule has 0 aliphatic heterocycles. The van der Waals surface area contributed by atoms with Gasteiger partial charge in [-0.05, 0) is 43.5 Å². The molecule has 2 rings (SSSR count). The van der Waals surface area contributed by atoms with E-state index in [1.807, 2.05) is 19.9 Å². The average Bonchev–Trinajstić information content (AvgIpc) is 2.73. The molecule has 0 unspecified atom stereocenters. The molecule has 0 spiro atoms. The van der Waals surface area contributed by atoms with Gasteiger partial charge in [0.05, 0.1) is 15.8 Å². The van der Waals surface area contributed by atoms with Crippen LogP contribution in [0.25, 0.3) is 0 Å². The van der Waals surface area contributed by atoms with Gasteiger partial charge in [0.15, 0.2) is 0 Å². The van der Waals surface area contributed by atoms with Gasteiger partial charge >= 0.3 is 0 Å². The van der Waals surface area contributed by atoms with Gasteiger partial charge in [0.25, 0.3) is 0 Å². The fourth-order valence-electron chi connectivity index (χ4n) is 2.84. The minimum absolute atomic E-state index is 0.0858. The first-order chi connectivity index (χ1) is 14.3. The van der Waals surface area contributed by atoms with Crippen LogP contribution in [0.15, 0.2) is 42.5 Å². The fourth-order valence-corrected chi connectivity index (χ4v) is 4.03. The van der Waals surface area contributed by atoms with Crippen molar-refractivity contribution in [2.24, 2.45) is 0 Å². The zero-order valence-electron chi connectivity index (χ0n) is 17.6. The molecule has 0 aromatic heterocycles. The predicted octanol–water partition coefficient (Wildman–Crippen LogP) is 5.48. The topological polar surface area (TPSA) is 49.4 Å². The molecular weight excluding hydrogens is 439 g/mol. The fraction of sp³-hybridized carbons (Fsp3) is 0.391. The van der Waals surface area contributed by atoms with Gasteiger partial charge < -0.3 is 10.2 Å². The number of amides is 2. The highest BCUT2D eigenvalue weighted by atomic mass is 35.5. The van der Waals surface area contributed by atoms with Crippen molar-refractivity contribution in [3.63, 3.8) is 0 Å². The van der Waals surface area contributed by atoms with Gasteiger partial charge in [-0.2, -0.15) is 0 Å². The van der Waals surface area contributed by atoms with Crippen molar-refractivity contribution >= 4 is 46.8 Å². The Morgan fingerprint density at radius 2 is 1.73 bits per heavy atom. The summed E-state index contributed by atoms with van der Waals surface area (Å²) in [5.41, 5.74) is 3.21. The molecule has 2 amide bonds. The number of hydrogen-bond acceptors (Lipinski definition) is 3. The third-order valence-corrected chi connectivity index (χ3v) is 6.40. The Hall–Kier alpha value is -1.69. The highest BCUT2D eigenvalue weighted by Gasteiger charge is 2.26. The minimum atomic E-state index is -0.585. The summed E-state index contributed by atoms with van der Waals surface area (Å²) in [7, 11) is 0. The molecule has 30 heavy (non-hydrogen) atoms. The number of rotatable bonds is 10. The van der Waals surface area contributed by atoms with Crippen molar-refractivity contribution in [1.82, 2.24) is 10.2 Å². The van der Waals surface area contributed by atoms with Crippen LogP contribution in [-0.4, -0.2) is 35.1 Å². The predicted molar refractivity (Wildman–Crippen MR) is 127 cm³/mol. The van der Waals surface area contributed by atoms with E-state index in [4.69, 9.17) is 23.2 Å². The van der Waals surface area contributed by atoms with E-state index in [0.29, 0.717) is 28.9 Å². The van der Waals surface area contributed by atoms with Gasteiger partial charge in [0.1, 0.15) is 6.04 Å². The molecule has 2 aromatic rings. The number of nitrogens with zero attached hydrogens (tertiary/aromatic N) is 1. The monoisotopic (exact) mass is 466 g/mol. The van der Waals surface area contributed by atoms with E-state index >= 15 is 0 Å². The maximum absolute atomic E-state index is 13.0. The SMILES string of the molecule is CCCNC(=O)[C@H](C)N(Cc1ccc(Cl)c(Cl)c1)C(=O)CSCc1ccc(C)cc1. The van der Waals surface area contributed by atoms with E-state index in [2.05, 4.69) is 29.6 Å². The van der Waals surface area contributed by atoms with Crippen LogP contribution in [0.5, 0.6) is 0 Å². The zero-order valence-corrected chi connectivity index (χ0v) is 19.9. The first-order valence-electron chi connectivity index (χ1n) is 9.96. The lowest BCUT2D eigenvalue weighted by molar-refractivity contribution is -0.138. The van der Waals surface area contributed by atoms with Gasteiger partial charge in [-0.3, -0.25) is 9.59 Å². The molecule has 1 N–H and O–H groups in total. The highest BCUT2D eigenvalue weighted by molar-refractivity contribution is 7.99. The van der Waals surface area contributed by atoms with Crippen molar-refractivity contribution in [2.75, 3.05) is 12.3 Å². The maximum atomic E-state index is 13.0. The lowest BCUT2D eigenvalue weighted by atomic mass is 10.1. The van der Waals surface area contributed by atoms with Crippen LogP contribution in [0, 0.1) is 6.92 Å². The van der Waals surface area contributed by atoms with Crippen LogP contribution in [0.2, 0.25) is 10.0 Å². The minimum Gasteiger partial charge on any atom is -0.354 e. The molecule has 0 fully saturated rings. The third-order valence-electron chi connectivity index (χ3n) is 4.67. The van der Waals surface area contributed by atoms with Gasteiger partial charge in [0.2, 0.25) is 11.8 Å². The van der Waals surface area contributed by atoms with Crippen LogP contribution >= 0.6 is 35.0 Å². The van der Waals surface area contributed by atoms with Crippen LogP contribution < -0.4 is 5.32 Å². The van der Waals surface area contributed by atoms with Crippen molar-refractivity contribution in [3.05, 3.63) is 69.2 Å². The Balaban J connectivity index is 2.07. The number of aryl methyl sites for hydroxylation is 1. The summed E-state index contributed by atoms with van der Waals surface area (Å²) in [4.78, 5) is 27.2. The number of halogens is 2. The van der Waals surface area contributed by atoms with Gasteiger partial charge in [-0.1, -0.05) is 66.0 Å². The number of benzene rings is 2. The van der Waals surface area contributed by atoms with Crippen molar-refractivity contribution in [3.8, 4) is 0 Å². The quantitative estimate of drug-likeness (QED) is 0.504. The van der Waals surface area contributed by atoms with Crippen LogP contribution in [0.3, 0.4) is 0 Å². The molecule has 0 bridgehead atoms. The molecule has 0 aliphatic carbocycles. The van der Waals surface area contributed by atoms with Crippen molar-refractivity contribution in [1.29, 1.82) is 0 Å². The summed E-state index contributed by atoms with van der Waals surface area (Å²) in [6, 6.07) is 12.9. The third kappa shape index (κ3) is 7.53. The Morgan fingerprint density at radius 3 is 2.37 bits per heavy atom. The summed E-state index contributed by atoms with van der Waals surface area (Å²) in [5, 5.41) is 3.76. The first-order valence-corrected chi connectivity index (χ1v) is 11.9. The molecule has 0 saturated carbocycles. The Kier molecular flexibility index (Phi) is 10.0. The Labute approximate surface area is 193 Å². The second-order valence-electron chi connectivity index (χ2n) is 7.22. The number of carbonyl (C=O) groups excluding carboxylic acids is 2. The zero-order chi connectivity index (χ0) is 22.1. The molecule has 0 heterocycles. The summed E-state index contributed by atoms with van der Waals surface area (Å²) in [6.45, 7) is 6.67. The summed E-state index contributed by atoms with van der Waals surface area (Å²) in [6.07, 6.45) is 0.839. The maximum Gasteiger partial charge on any atom is 0.242 e. The highest BCUT2D eigenvalue weighted by Crippen LogP contribution is 2.24. The molecule has 0 radical (unpaired) electrons. The normalized spacial score (nSPS) is 11.8. The molecule has 2 aromatic carbocycles. The van der Waals surface area contributed by atoms with E-state index in [0.717, 1.165) is 17.7 Å². The van der Waals surface area contributed by atoms with E-state index in [9.17, 15) is 9.59 Å². The summed E-state index contributed by atoms with van der Waals surface area (Å²) < 4.78 is 0. The largest absolute Gasteiger partial charge is 0.354 e. The number of hydrogen-bond donors (Lipinski definition) is 1. The molecule has 162 valence electrons. The molecule has 7 heteroatoms. The standard InChI is InChI=1S/C23H28Cl2N2O2S/c1-4-11-26-23(29)17(3)27(13-19-9-10-20(24)21(25)12-19)22(28)15-30-14-18-7-5-16(2)6-8-18/h5-10,12,17H,4,11,13-15H2,1-3H3,(H,26,29)/t17-/m0/s1. The molecule has 0 aliphatic rings. The van der Waals surface area contributed by atoms with Gasteiger partial charge in [-0.15, -0.1) is 11.8 Å². The lowest BCUT2D eigenvalue weighted by Gasteiger charge is -2.29. The lowest BCUT2D eigenvalue weighted by Crippen LogP contribution is -2.48. The Morgan fingerprint density at radius 1 is 1.07 bits per heavy atom. The van der Waals surface area contributed by atoms with Crippen molar-refractivity contribution in [2.45, 2.75) is 45.5 Å². The van der Waals surface area contributed by atoms with E-state index in [1.165, 1.54) is 11.1 Å². The second kappa shape index (κ2) is 12.2. The molecule has 4 nitrogen and oxygen atoms in total. The van der Waals surface area contributed by atoms with Crippen molar-refractivity contribution < 1.29 is 9.59 Å². The van der Waals surface area contributed by atoms with E-state index in [1.54, 1.807) is 35.7 Å². The second-order valence-corrected chi connectivity index (χ2v) is 9.02. The molecule has 1 atom stereocenters. The average molecular weight is 467 g/mol. The van der Waals surface area contributed by atoms with Crippen LogP contribution in [0.1, 0.15) is 37.0 Å². The molecule has 0 saturated heterocycles. The number of nitrogens with one attached hydrogen (secondary N) is 1. The smallest absolute Gasteiger partial charge is 0.242 e. The first kappa shape index (κ1) is 24.6. The van der Waals surface area contributed by atoms with Gasteiger partial charge in [-0.25, -0.2) is 0 Å². The number of carbonyl (C=O) groups is 2. The Bertz CT molecular complexity index is 859. The van der Waals surface area contributed by atoms with Gasteiger partial charge in [0, 0.05) is 18.8 Å². The van der Waals surface area contributed by atoms with Crippen LogP contribution in [-0.2, 0) is 21.9 Å². The molecular formula is C23H28Cl2N2O2S. The summed E-state index contributed by atoms with van der Waals surface area (Å²) in [5.74, 6) is 0.787.